The lowest BCUT2D eigenvalue weighted by Gasteiger charge is -2.23. The second-order valence-electron chi connectivity index (χ2n) is 14.3. The van der Waals surface area contributed by atoms with Crippen LogP contribution >= 0.6 is 0 Å². The van der Waals surface area contributed by atoms with Crippen molar-refractivity contribution in [1.82, 2.24) is 4.90 Å². The average molecular weight is 650 g/mol. The number of nitrogens with zero attached hydrogens (tertiary/aromatic N) is 1. The zero-order chi connectivity index (χ0) is 33.6. The van der Waals surface area contributed by atoms with Crippen molar-refractivity contribution in [2.45, 2.75) is 239 Å². The molecule has 0 aromatic heterocycles. The van der Waals surface area contributed by atoms with E-state index in [1.165, 1.54) is 193 Å². The molecule has 0 aliphatic heterocycles. The van der Waals surface area contributed by atoms with Gasteiger partial charge < -0.3 is 9.64 Å². The van der Waals surface area contributed by atoms with Crippen molar-refractivity contribution in [1.29, 1.82) is 0 Å². The van der Waals surface area contributed by atoms with Gasteiger partial charge in [0.1, 0.15) is 0 Å². The van der Waals surface area contributed by atoms with Crippen molar-refractivity contribution in [3.05, 3.63) is 0 Å². The Balaban J connectivity index is 3.90. The van der Waals surface area contributed by atoms with Gasteiger partial charge in [-0.3, -0.25) is 9.59 Å². The van der Waals surface area contributed by atoms with Crippen LogP contribution in [-0.2, 0) is 14.3 Å². The highest BCUT2D eigenvalue weighted by atomic mass is 16.5. The van der Waals surface area contributed by atoms with Gasteiger partial charge in [-0.2, -0.15) is 0 Å². The van der Waals surface area contributed by atoms with Gasteiger partial charge in [0.2, 0.25) is 5.91 Å². The Morgan fingerprint density at radius 2 is 0.630 bits per heavy atom. The maximum absolute atomic E-state index is 13.0. The highest BCUT2D eigenvalue weighted by Crippen LogP contribution is 2.16. The van der Waals surface area contributed by atoms with Gasteiger partial charge in [-0.25, -0.2) is 0 Å². The van der Waals surface area contributed by atoms with E-state index in [2.05, 4.69) is 13.8 Å². The maximum Gasteiger partial charge on any atom is 0.306 e. The Kier molecular flexibility index (Phi) is 37.5. The highest BCUT2D eigenvalue weighted by Gasteiger charge is 2.15. The van der Waals surface area contributed by atoms with Gasteiger partial charge in [0.15, 0.2) is 0 Å². The standard InChI is InChI=1S/C42H83NO3/c1-4-7-9-11-13-15-17-19-21-23-25-27-29-31-33-35-39-43(41(44)37-38-42(45)46-6-3)40-36-34-32-30-28-26-24-22-20-18-16-14-12-10-8-5-2/h4-40H2,1-3H3. The average Bonchev–Trinajstić information content (AvgIpc) is 3.06. The molecule has 0 bridgehead atoms. The summed E-state index contributed by atoms with van der Waals surface area (Å²) in [5.74, 6) is -0.115. The Bertz CT molecular complexity index is 586. The van der Waals surface area contributed by atoms with Crippen LogP contribution in [0.3, 0.4) is 0 Å². The van der Waals surface area contributed by atoms with E-state index >= 15 is 0 Å². The summed E-state index contributed by atoms with van der Waals surface area (Å²) in [5.41, 5.74) is 0. The Hall–Kier alpha value is -1.06. The van der Waals surface area contributed by atoms with Gasteiger partial charge in [-0.1, -0.05) is 206 Å². The molecule has 0 atom stereocenters. The molecule has 0 saturated heterocycles. The van der Waals surface area contributed by atoms with Crippen LogP contribution in [-0.4, -0.2) is 36.5 Å². The molecule has 0 aliphatic rings. The van der Waals surface area contributed by atoms with E-state index in [-0.39, 0.29) is 24.7 Å². The topological polar surface area (TPSA) is 46.6 Å². The number of ether oxygens (including phenoxy) is 1. The number of hydrogen-bond donors (Lipinski definition) is 0. The molecule has 0 spiro atoms. The first kappa shape index (κ1) is 44.9. The van der Waals surface area contributed by atoms with Crippen LogP contribution in [0.5, 0.6) is 0 Å². The second kappa shape index (κ2) is 38.4. The van der Waals surface area contributed by atoms with E-state index in [1.54, 1.807) is 0 Å². The van der Waals surface area contributed by atoms with Crippen LogP contribution in [0.4, 0.5) is 0 Å². The molecule has 0 rings (SSSR count). The van der Waals surface area contributed by atoms with Gasteiger partial charge in [0, 0.05) is 19.5 Å². The number of esters is 1. The fourth-order valence-corrected chi connectivity index (χ4v) is 6.66. The van der Waals surface area contributed by atoms with Crippen molar-refractivity contribution >= 4 is 11.9 Å². The monoisotopic (exact) mass is 650 g/mol. The Labute approximate surface area is 289 Å². The summed E-state index contributed by atoms with van der Waals surface area (Å²) in [6, 6.07) is 0. The van der Waals surface area contributed by atoms with Crippen molar-refractivity contribution < 1.29 is 14.3 Å². The minimum atomic E-state index is -0.249. The summed E-state index contributed by atoms with van der Waals surface area (Å²) in [7, 11) is 0. The van der Waals surface area contributed by atoms with Crippen LogP contribution in [0.15, 0.2) is 0 Å². The molecular formula is C42H83NO3. The molecule has 0 radical (unpaired) electrons. The molecular weight excluding hydrogens is 566 g/mol. The second-order valence-corrected chi connectivity index (χ2v) is 14.3. The van der Waals surface area contributed by atoms with Gasteiger partial charge in [0.25, 0.3) is 0 Å². The first-order valence-corrected chi connectivity index (χ1v) is 21.1. The zero-order valence-corrected chi connectivity index (χ0v) is 31.8. The summed E-state index contributed by atoms with van der Waals surface area (Å²) >= 11 is 0. The van der Waals surface area contributed by atoms with Crippen molar-refractivity contribution in [3.63, 3.8) is 0 Å². The van der Waals surface area contributed by atoms with E-state index in [1.807, 2.05) is 11.8 Å². The van der Waals surface area contributed by atoms with Gasteiger partial charge in [0.05, 0.1) is 13.0 Å². The quantitative estimate of drug-likeness (QED) is 0.0494. The minimum Gasteiger partial charge on any atom is -0.466 e. The summed E-state index contributed by atoms with van der Waals surface area (Å²) in [4.78, 5) is 26.8. The van der Waals surface area contributed by atoms with E-state index in [9.17, 15) is 9.59 Å². The number of rotatable bonds is 38. The van der Waals surface area contributed by atoms with E-state index in [0.29, 0.717) is 6.61 Å². The number of carbonyl (C=O) groups excluding carboxylic acids is 2. The number of hydrogen-bond acceptors (Lipinski definition) is 3. The molecule has 0 saturated carbocycles. The first-order chi connectivity index (χ1) is 22.7. The third-order valence-corrected chi connectivity index (χ3v) is 9.76. The van der Waals surface area contributed by atoms with Gasteiger partial charge in [-0.15, -0.1) is 0 Å². The predicted molar refractivity (Wildman–Crippen MR) is 202 cm³/mol. The van der Waals surface area contributed by atoms with E-state index in [0.717, 1.165) is 25.9 Å². The lowest BCUT2D eigenvalue weighted by molar-refractivity contribution is -0.145. The van der Waals surface area contributed by atoms with Crippen molar-refractivity contribution in [2.75, 3.05) is 19.7 Å². The fraction of sp³-hybridized carbons (Fsp3) is 0.952. The summed E-state index contributed by atoms with van der Waals surface area (Å²) < 4.78 is 5.05. The third kappa shape index (κ3) is 34.3. The van der Waals surface area contributed by atoms with Crippen LogP contribution in [0.1, 0.15) is 239 Å². The molecule has 0 fully saturated rings. The Morgan fingerprint density at radius 3 is 0.891 bits per heavy atom. The molecule has 0 aromatic carbocycles. The molecule has 0 aromatic rings. The largest absolute Gasteiger partial charge is 0.466 e. The maximum atomic E-state index is 13.0. The molecule has 274 valence electrons. The molecule has 46 heavy (non-hydrogen) atoms. The van der Waals surface area contributed by atoms with Gasteiger partial charge >= 0.3 is 5.97 Å². The van der Waals surface area contributed by atoms with E-state index < -0.39 is 0 Å². The summed E-state index contributed by atoms with van der Waals surface area (Å²) in [6.07, 6.45) is 44.1. The number of carbonyl (C=O) groups is 2. The first-order valence-electron chi connectivity index (χ1n) is 21.1. The smallest absolute Gasteiger partial charge is 0.306 e. The van der Waals surface area contributed by atoms with E-state index in [4.69, 9.17) is 4.74 Å². The highest BCUT2D eigenvalue weighted by molar-refractivity contribution is 5.81. The SMILES string of the molecule is CCCCCCCCCCCCCCCCCCN(CCCCCCCCCCCCCCCCCC)C(=O)CCC(=O)OCC. The molecule has 0 heterocycles. The number of unbranched alkanes of at least 4 members (excludes halogenated alkanes) is 30. The number of amides is 1. The molecule has 0 unspecified atom stereocenters. The summed E-state index contributed by atoms with van der Waals surface area (Å²) in [5, 5.41) is 0. The van der Waals surface area contributed by atoms with Crippen LogP contribution in [0.2, 0.25) is 0 Å². The molecule has 0 aliphatic carbocycles. The van der Waals surface area contributed by atoms with Gasteiger partial charge in [-0.05, 0) is 19.8 Å². The lowest BCUT2D eigenvalue weighted by Crippen LogP contribution is -2.33. The van der Waals surface area contributed by atoms with Crippen LogP contribution < -0.4 is 0 Å². The van der Waals surface area contributed by atoms with Crippen molar-refractivity contribution in [3.8, 4) is 0 Å². The summed E-state index contributed by atoms with van der Waals surface area (Å²) in [6.45, 7) is 8.47. The van der Waals surface area contributed by atoms with Crippen molar-refractivity contribution in [2.24, 2.45) is 0 Å². The minimum absolute atomic E-state index is 0.134. The molecule has 0 N–H and O–H groups in total. The molecule has 4 nitrogen and oxygen atoms in total. The fourth-order valence-electron chi connectivity index (χ4n) is 6.66. The normalized spacial score (nSPS) is 11.3. The predicted octanol–water partition coefficient (Wildman–Crippen LogP) is 13.7. The zero-order valence-electron chi connectivity index (χ0n) is 31.8. The Morgan fingerprint density at radius 1 is 0.370 bits per heavy atom. The van der Waals surface area contributed by atoms with Crippen LogP contribution in [0, 0.1) is 0 Å². The van der Waals surface area contributed by atoms with Crippen LogP contribution in [0.25, 0.3) is 0 Å². The third-order valence-electron chi connectivity index (χ3n) is 9.76. The lowest BCUT2D eigenvalue weighted by atomic mass is 10.0. The molecule has 1 amide bonds. The molecule has 4 heteroatoms.